The first-order valence-electron chi connectivity index (χ1n) is 12.0. The molecule has 11 heteroatoms. The number of halogens is 1. The third-order valence-electron chi connectivity index (χ3n) is 6.34. The molecule has 188 valence electrons. The maximum Gasteiger partial charge on any atom is 0.341 e. The molecule has 0 radical (unpaired) electrons. The van der Waals surface area contributed by atoms with Crippen LogP contribution in [0.15, 0.2) is 27.8 Å². The third-order valence-corrected chi connectivity index (χ3v) is 9.26. The number of hydrogen-bond donors (Lipinski definition) is 1. The van der Waals surface area contributed by atoms with Gasteiger partial charge in [-0.05, 0) is 62.8 Å². The number of thiophene rings is 1. The van der Waals surface area contributed by atoms with Crippen molar-refractivity contribution >= 4 is 78.0 Å². The molecule has 0 saturated carbocycles. The monoisotopic (exact) mass is 587 g/mol. The van der Waals surface area contributed by atoms with Crippen molar-refractivity contribution in [3.8, 4) is 0 Å². The summed E-state index contributed by atoms with van der Waals surface area (Å²) >= 11 is 6.29. The van der Waals surface area contributed by atoms with Crippen LogP contribution in [-0.2, 0) is 29.4 Å². The van der Waals surface area contributed by atoms with E-state index in [1.54, 1.807) is 6.92 Å². The Kier molecular flexibility index (Phi) is 7.32. The van der Waals surface area contributed by atoms with E-state index in [9.17, 15) is 9.59 Å². The van der Waals surface area contributed by atoms with Crippen LogP contribution in [0.4, 0.5) is 5.00 Å². The zero-order valence-corrected chi connectivity index (χ0v) is 23.5. The van der Waals surface area contributed by atoms with Crippen molar-refractivity contribution in [2.24, 2.45) is 7.05 Å². The molecule has 1 atom stereocenters. The minimum Gasteiger partial charge on any atom is -0.462 e. The van der Waals surface area contributed by atoms with E-state index in [0.29, 0.717) is 34.4 Å². The number of fused-ring (bicyclic) bond motifs is 4. The number of nitrogens with zero attached hydrogens (tertiary/aromatic N) is 4. The first-order chi connectivity index (χ1) is 17.4. The first kappa shape index (κ1) is 25.2. The van der Waals surface area contributed by atoms with Gasteiger partial charge in [0.05, 0.1) is 22.9 Å². The van der Waals surface area contributed by atoms with E-state index in [1.807, 2.05) is 36.7 Å². The average Bonchev–Trinajstić information content (AvgIpc) is 3.37. The van der Waals surface area contributed by atoms with E-state index in [-0.39, 0.29) is 11.9 Å². The number of hydrogen-bond acceptors (Lipinski definition) is 8. The fourth-order valence-electron chi connectivity index (χ4n) is 4.58. The fourth-order valence-corrected chi connectivity index (χ4v) is 7.04. The summed E-state index contributed by atoms with van der Waals surface area (Å²) in [6.45, 7) is 4.03. The van der Waals surface area contributed by atoms with Gasteiger partial charge in [0.25, 0.3) is 0 Å². The van der Waals surface area contributed by atoms with Crippen LogP contribution < -0.4 is 5.32 Å². The van der Waals surface area contributed by atoms with Crippen LogP contribution in [-0.4, -0.2) is 43.5 Å². The summed E-state index contributed by atoms with van der Waals surface area (Å²) in [5, 5.41) is 13.3. The molecular formula is C25H26BrN5O3S2. The Morgan fingerprint density at radius 2 is 2.06 bits per heavy atom. The molecule has 0 unspecified atom stereocenters. The number of ether oxygens (including phenoxy) is 1. The Labute approximate surface area is 225 Å². The third kappa shape index (κ3) is 4.64. The van der Waals surface area contributed by atoms with Crippen molar-refractivity contribution in [2.75, 3.05) is 11.9 Å². The number of anilines is 1. The van der Waals surface area contributed by atoms with Crippen molar-refractivity contribution in [1.82, 2.24) is 19.7 Å². The summed E-state index contributed by atoms with van der Waals surface area (Å²) < 4.78 is 8.26. The Morgan fingerprint density at radius 3 is 2.83 bits per heavy atom. The van der Waals surface area contributed by atoms with Gasteiger partial charge in [-0.25, -0.2) is 9.78 Å². The van der Waals surface area contributed by atoms with E-state index in [1.165, 1.54) is 28.0 Å². The number of aromatic nitrogens is 4. The normalized spacial score (nSPS) is 14.1. The van der Waals surface area contributed by atoms with Crippen LogP contribution in [0.5, 0.6) is 0 Å². The maximum absolute atomic E-state index is 13.3. The molecule has 4 aromatic rings. The highest BCUT2D eigenvalue weighted by atomic mass is 79.9. The van der Waals surface area contributed by atoms with Gasteiger partial charge < -0.3 is 14.6 Å². The molecule has 0 saturated heterocycles. The van der Waals surface area contributed by atoms with Crippen LogP contribution in [0.3, 0.4) is 0 Å². The van der Waals surface area contributed by atoms with E-state index >= 15 is 0 Å². The number of benzene rings is 1. The zero-order chi connectivity index (χ0) is 25.4. The molecule has 0 fully saturated rings. The van der Waals surface area contributed by atoms with E-state index in [0.717, 1.165) is 52.1 Å². The van der Waals surface area contributed by atoms with Gasteiger partial charge in [-0.2, -0.15) is 0 Å². The van der Waals surface area contributed by atoms with Gasteiger partial charge in [0.2, 0.25) is 11.1 Å². The summed E-state index contributed by atoms with van der Waals surface area (Å²) in [6.07, 6.45) is 4.46. The lowest BCUT2D eigenvalue weighted by Crippen LogP contribution is -2.25. The molecule has 1 aromatic carbocycles. The Morgan fingerprint density at radius 1 is 1.25 bits per heavy atom. The van der Waals surface area contributed by atoms with Crippen LogP contribution in [0.1, 0.15) is 53.9 Å². The fraction of sp³-hybridized carbons (Fsp3) is 0.400. The van der Waals surface area contributed by atoms with Crippen LogP contribution in [0.2, 0.25) is 0 Å². The maximum atomic E-state index is 13.3. The average molecular weight is 589 g/mol. The molecule has 1 amide bonds. The Balaban J connectivity index is 1.41. The Bertz CT molecular complexity index is 1480. The molecule has 1 N–H and O–H groups in total. The minimum absolute atomic E-state index is 0.184. The predicted octanol–water partition coefficient (Wildman–Crippen LogP) is 5.91. The number of aryl methyl sites for hydroxylation is 2. The molecule has 36 heavy (non-hydrogen) atoms. The second-order valence-corrected chi connectivity index (χ2v) is 11.8. The molecule has 3 heterocycles. The molecule has 0 aliphatic heterocycles. The zero-order valence-electron chi connectivity index (χ0n) is 20.3. The summed E-state index contributed by atoms with van der Waals surface area (Å²) in [5.74, 6) is -0.551. The minimum atomic E-state index is -0.442. The van der Waals surface area contributed by atoms with Crippen molar-refractivity contribution in [3.63, 3.8) is 0 Å². The summed E-state index contributed by atoms with van der Waals surface area (Å²) in [7, 11) is 1.95. The largest absolute Gasteiger partial charge is 0.462 e. The lowest BCUT2D eigenvalue weighted by atomic mass is 9.95. The Hall–Kier alpha value is -2.50. The van der Waals surface area contributed by atoms with Crippen LogP contribution >= 0.6 is 39.0 Å². The number of carbonyl (C=O) groups excluding carboxylic acids is 2. The highest BCUT2D eigenvalue weighted by Gasteiger charge is 2.29. The van der Waals surface area contributed by atoms with Gasteiger partial charge in [-0.3, -0.25) is 4.79 Å². The van der Waals surface area contributed by atoms with E-state index < -0.39 is 5.25 Å². The lowest BCUT2D eigenvalue weighted by Gasteiger charge is -2.14. The molecule has 3 aromatic heterocycles. The smallest absolute Gasteiger partial charge is 0.341 e. The molecule has 8 nitrogen and oxygen atoms in total. The van der Waals surface area contributed by atoms with Crippen LogP contribution in [0, 0.1) is 0 Å². The van der Waals surface area contributed by atoms with Crippen molar-refractivity contribution in [2.45, 2.75) is 56.4 Å². The number of carbonyl (C=O) groups is 2. The second-order valence-electron chi connectivity index (χ2n) is 8.63. The number of amides is 1. The summed E-state index contributed by atoms with van der Waals surface area (Å²) in [6, 6.07) is 6.00. The number of rotatable bonds is 7. The molecule has 5 rings (SSSR count). The van der Waals surface area contributed by atoms with Gasteiger partial charge >= 0.3 is 5.97 Å². The highest BCUT2D eigenvalue weighted by molar-refractivity contribution is 9.10. The first-order valence-corrected chi connectivity index (χ1v) is 14.5. The number of nitrogens with one attached hydrogen (secondary N) is 1. The highest BCUT2D eigenvalue weighted by Crippen LogP contribution is 2.39. The standard InChI is InChI=1S/C25H26BrN5O3S2/c1-4-17(22(32)28-23-19(24(33)34-5-2)14-8-6-7-9-18(14)35-23)36-25-27-21-20(29-30-25)15-12-13(26)10-11-16(15)31(21)3/h10-12,17H,4-9H2,1-3H3,(H,28,32)/t17-/m1/s1. The van der Waals surface area contributed by atoms with E-state index in [2.05, 4.69) is 31.4 Å². The number of thioether (sulfide) groups is 1. The second kappa shape index (κ2) is 10.5. The quantitative estimate of drug-likeness (QED) is 0.212. The summed E-state index contributed by atoms with van der Waals surface area (Å²) in [4.78, 5) is 32.0. The van der Waals surface area contributed by atoms with Crippen LogP contribution in [0.25, 0.3) is 22.1 Å². The topological polar surface area (TPSA) is 99.0 Å². The van der Waals surface area contributed by atoms with Gasteiger partial charge in [-0.15, -0.1) is 21.5 Å². The van der Waals surface area contributed by atoms with E-state index in [4.69, 9.17) is 9.72 Å². The molecule has 1 aliphatic carbocycles. The molecule has 0 spiro atoms. The number of esters is 1. The summed E-state index contributed by atoms with van der Waals surface area (Å²) in [5.41, 5.74) is 3.99. The van der Waals surface area contributed by atoms with Gasteiger partial charge in [-0.1, -0.05) is 34.6 Å². The predicted molar refractivity (Wildman–Crippen MR) is 147 cm³/mol. The van der Waals surface area contributed by atoms with Crippen molar-refractivity contribution in [3.05, 3.63) is 38.7 Å². The van der Waals surface area contributed by atoms with Gasteiger partial charge in [0.1, 0.15) is 10.5 Å². The molecule has 0 bridgehead atoms. The van der Waals surface area contributed by atoms with Crippen molar-refractivity contribution in [1.29, 1.82) is 0 Å². The van der Waals surface area contributed by atoms with Crippen molar-refractivity contribution < 1.29 is 14.3 Å². The van der Waals surface area contributed by atoms with Gasteiger partial charge in [0, 0.05) is 21.8 Å². The molecule has 1 aliphatic rings. The molecular weight excluding hydrogens is 562 g/mol. The SMILES string of the molecule is CCOC(=O)c1c(NC(=O)[C@@H](CC)Sc2nnc3c4cc(Br)ccc4n(C)c3n2)sc2c1CCCC2. The lowest BCUT2D eigenvalue weighted by molar-refractivity contribution is -0.115. The van der Waals surface area contributed by atoms with Gasteiger partial charge in [0.15, 0.2) is 5.65 Å².